The summed E-state index contributed by atoms with van der Waals surface area (Å²) in [6, 6.07) is 0. The summed E-state index contributed by atoms with van der Waals surface area (Å²) >= 11 is 0. The van der Waals surface area contributed by atoms with E-state index in [4.69, 9.17) is 6.42 Å². The highest BCUT2D eigenvalue weighted by Gasteiger charge is 2.32. The largest absolute Gasteiger partial charge is 0.636 e. The average Bonchev–Trinajstić information content (AvgIpc) is 2.05. The van der Waals surface area contributed by atoms with Crippen LogP contribution in [0.15, 0.2) is 0 Å². The van der Waals surface area contributed by atoms with Crippen molar-refractivity contribution in [3.05, 3.63) is 0 Å². The average molecular weight is 189 g/mol. The molecule has 0 aromatic rings. The molecule has 0 rings (SSSR count). The van der Waals surface area contributed by atoms with Gasteiger partial charge in [-0.2, -0.15) is 4.79 Å². The Bertz CT molecular complexity index is 206. The van der Waals surface area contributed by atoms with Crippen molar-refractivity contribution >= 4 is 13.7 Å². The first-order valence-electron chi connectivity index (χ1n) is 3.42. The molecule has 0 saturated heterocycles. The van der Waals surface area contributed by atoms with Crippen molar-refractivity contribution in [1.29, 1.82) is 0 Å². The number of hydrogen-bond acceptors (Lipinski definition) is 4. The lowest BCUT2D eigenvalue weighted by atomic mass is 10.5. The second-order valence-corrected chi connectivity index (χ2v) is 2.88. The molecule has 0 aliphatic heterocycles. The fourth-order valence-corrected chi connectivity index (χ4v) is 0.957. The van der Waals surface area contributed by atoms with Gasteiger partial charge in [0.2, 0.25) is 0 Å². The van der Waals surface area contributed by atoms with Crippen LogP contribution in [0.2, 0.25) is 0 Å². The van der Waals surface area contributed by atoms with Gasteiger partial charge in [-0.05, 0) is 11.5 Å². The molecule has 5 heteroatoms. The van der Waals surface area contributed by atoms with E-state index >= 15 is 0 Å². The molecule has 0 amide bonds. The van der Waals surface area contributed by atoms with E-state index in [2.05, 4.69) is 15.2 Å². The zero-order valence-electron chi connectivity index (χ0n) is 6.78. The Hall–Kier alpha value is -0.910. The summed E-state index contributed by atoms with van der Waals surface area (Å²) in [4.78, 5) is 10.7. The van der Waals surface area contributed by atoms with E-state index < -0.39 is 13.7 Å². The van der Waals surface area contributed by atoms with Crippen LogP contribution in [0.5, 0.6) is 0 Å². The first kappa shape index (κ1) is 11.1. The van der Waals surface area contributed by atoms with Gasteiger partial charge in [0, 0.05) is 6.42 Å². The van der Waals surface area contributed by atoms with Crippen LogP contribution in [0.25, 0.3) is 0 Å². The fourth-order valence-electron chi connectivity index (χ4n) is 0.420. The predicted octanol–water partition coefficient (Wildman–Crippen LogP) is 1.93. The zero-order chi connectivity index (χ0) is 9.40. The molecule has 66 valence electrons. The molecule has 1 atom stereocenters. The Kier molecular flexibility index (Phi) is 6.26. The molecule has 0 bridgehead atoms. The van der Waals surface area contributed by atoms with Crippen molar-refractivity contribution in [1.82, 2.24) is 0 Å². The van der Waals surface area contributed by atoms with Crippen LogP contribution in [-0.2, 0) is 13.8 Å². The maximum absolute atomic E-state index is 10.7. The van der Waals surface area contributed by atoms with E-state index in [-0.39, 0.29) is 13.2 Å². The van der Waals surface area contributed by atoms with Gasteiger partial charge in [0.05, 0.1) is 0 Å². The Balaban J connectivity index is 3.59. The first-order chi connectivity index (χ1) is 5.72. The maximum atomic E-state index is 10.7. The van der Waals surface area contributed by atoms with E-state index in [0.29, 0.717) is 6.42 Å². The topological polar surface area (TPSA) is 52.6 Å². The van der Waals surface area contributed by atoms with E-state index in [1.54, 1.807) is 6.92 Å². The second kappa shape index (κ2) is 6.78. The number of ether oxygens (including phenoxy) is 1. The van der Waals surface area contributed by atoms with Gasteiger partial charge in [0.15, 0.2) is 0 Å². The van der Waals surface area contributed by atoms with Crippen molar-refractivity contribution in [2.75, 3.05) is 13.2 Å². The number of rotatable bonds is 5. The van der Waals surface area contributed by atoms with Crippen molar-refractivity contribution in [3.8, 4) is 12.3 Å². The van der Waals surface area contributed by atoms with Crippen molar-refractivity contribution < 1.29 is 18.6 Å². The fraction of sp³-hybridized carbons (Fsp3) is 0.571. The Morgan fingerprint density at radius 1 is 1.67 bits per heavy atom. The summed E-state index contributed by atoms with van der Waals surface area (Å²) in [5, 5.41) is 0. The highest BCUT2D eigenvalue weighted by molar-refractivity contribution is 7.58. The smallest absolute Gasteiger partial charge is 0.424 e. The van der Waals surface area contributed by atoms with E-state index in [9.17, 15) is 9.36 Å². The molecule has 1 unspecified atom stereocenters. The summed E-state index contributed by atoms with van der Waals surface area (Å²) in [5.74, 6) is 2.28. The van der Waals surface area contributed by atoms with Crippen LogP contribution in [0, 0.1) is 12.3 Å². The quantitative estimate of drug-likeness (QED) is 0.376. The Morgan fingerprint density at radius 2 is 2.33 bits per heavy atom. The summed E-state index contributed by atoms with van der Waals surface area (Å²) in [6.07, 6.45) is 5.22. The standard InChI is InChI=1S/C7H10O4P/c1-3-5-6-10-7(8)12(9)11-4-2/h1H,4-6H2,2H3/q+1. The molecule has 0 fully saturated rings. The minimum absolute atomic E-state index is 0.0868. The van der Waals surface area contributed by atoms with E-state index in [1.807, 2.05) is 0 Å². The molecular formula is C7H10O4P+. The number of hydrogen-bond donors (Lipinski definition) is 0. The van der Waals surface area contributed by atoms with Gasteiger partial charge >= 0.3 is 13.7 Å². The minimum atomic E-state index is -2.34. The molecule has 0 aromatic carbocycles. The summed E-state index contributed by atoms with van der Waals surface area (Å²) in [7, 11) is -2.34. The van der Waals surface area contributed by atoms with Crippen LogP contribution in [0.1, 0.15) is 13.3 Å². The normalized spacial score (nSPS) is 10.2. The van der Waals surface area contributed by atoms with Gasteiger partial charge in [-0.25, -0.2) is 0 Å². The predicted molar refractivity (Wildman–Crippen MR) is 44.0 cm³/mol. The van der Waals surface area contributed by atoms with Gasteiger partial charge in [-0.3, -0.25) is 0 Å². The van der Waals surface area contributed by atoms with Crippen LogP contribution in [0.3, 0.4) is 0 Å². The SMILES string of the molecule is C#CCCOC(=O)[P+](=O)OCC. The number of carbonyl (C=O) groups is 1. The van der Waals surface area contributed by atoms with Gasteiger partial charge in [-0.15, -0.1) is 16.9 Å². The summed E-state index contributed by atoms with van der Waals surface area (Å²) in [5.41, 5.74) is -0.845. The third-order valence-corrected chi connectivity index (χ3v) is 1.79. The lowest BCUT2D eigenvalue weighted by Gasteiger charge is -1.90. The highest BCUT2D eigenvalue weighted by atomic mass is 31.1. The summed E-state index contributed by atoms with van der Waals surface area (Å²) < 4.78 is 19.8. The van der Waals surface area contributed by atoms with E-state index in [1.165, 1.54) is 0 Å². The van der Waals surface area contributed by atoms with Gasteiger partial charge in [0.25, 0.3) is 0 Å². The Labute approximate surface area is 72.1 Å². The molecule has 0 spiro atoms. The minimum Gasteiger partial charge on any atom is -0.424 e. The highest BCUT2D eigenvalue weighted by Crippen LogP contribution is 2.24. The van der Waals surface area contributed by atoms with Gasteiger partial charge in [0.1, 0.15) is 13.2 Å². The molecular weight excluding hydrogens is 179 g/mol. The number of terminal acetylenes is 1. The molecule has 0 radical (unpaired) electrons. The molecule has 0 saturated carbocycles. The summed E-state index contributed by atoms with van der Waals surface area (Å²) in [6.45, 7) is 1.95. The van der Waals surface area contributed by atoms with Gasteiger partial charge < -0.3 is 4.74 Å². The monoisotopic (exact) mass is 189 g/mol. The number of carbonyl (C=O) groups excluding carboxylic acids is 1. The van der Waals surface area contributed by atoms with Crippen LogP contribution < -0.4 is 0 Å². The van der Waals surface area contributed by atoms with Crippen molar-refractivity contribution in [3.63, 3.8) is 0 Å². The third kappa shape index (κ3) is 4.84. The maximum Gasteiger partial charge on any atom is 0.636 e. The lowest BCUT2D eigenvalue weighted by molar-refractivity contribution is 0.170. The molecule has 0 N–H and O–H groups in total. The molecule has 4 nitrogen and oxygen atoms in total. The van der Waals surface area contributed by atoms with Crippen LogP contribution in [0.4, 0.5) is 4.79 Å². The van der Waals surface area contributed by atoms with Crippen molar-refractivity contribution in [2.24, 2.45) is 0 Å². The zero-order valence-corrected chi connectivity index (χ0v) is 7.67. The first-order valence-corrected chi connectivity index (χ1v) is 4.60. The lowest BCUT2D eigenvalue weighted by Crippen LogP contribution is -1.99. The second-order valence-electron chi connectivity index (χ2n) is 1.74. The molecule has 0 aliphatic rings. The molecule has 0 aliphatic carbocycles. The molecule has 0 aromatic heterocycles. The van der Waals surface area contributed by atoms with Crippen LogP contribution >= 0.6 is 8.03 Å². The molecule has 12 heavy (non-hydrogen) atoms. The van der Waals surface area contributed by atoms with Crippen LogP contribution in [-0.4, -0.2) is 18.9 Å². The van der Waals surface area contributed by atoms with Crippen molar-refractivity contribution in [2.45, 2.75) is 13.3 Å². The van der Waals surface area contributed by atoms with E-state index in [0.717, 1.165) is 0 Å². The molecule has 0 heterocycles. The Morgan fingerprint density at radius 3 is 2.83 bits per heavy atom. The third-order valence-electron chi connectivity index (χ3n) is 0.867. The van der Waals surface area contributed by atoms with Gasteiger partial charge in [-0.1, -0.05) is 0 Å².